The number of nitrogens with one attached hydrogen (secondary N) is 2. The number of carbonyl (C=O) groups excluding carboxylic acids is 2. The Morgan fingerprint density at radius 3 is 2.39 bits per heavy atom. The van der Waals surface area contributed by atoms with E-state index in [4.69, 9.17) is 9.47 Å². The Morgan fingerprint density at radius 2 is 1.68 bits per heavy atom. The molecule has 0 aliphatic carbocycles. The Labute approximate surface area is 178 Å². The van der Waals surface area contributed by atoms with Crippen molar-refractivity contribution in [1.82, 2.24) is 5.43 Å². The molecule has 31 heavy (non-hydrogen) atoms. The van der Waals surface area contributed by atoms with Crippen LogP contribution in [0, 0.1) is 5.82 Å². The van der Waals surface area contributed by atoms with E-state index >= 15 is 0 Å². The molecule has 0 saturated carbocycles. The van der Waals surface area contributed by atoms with E-state index in [2.05, 4.69) is 15.8 Å². The average Bonchev–Trinajstić information content (AvgIpc) is 2.79. The Hall–Kier alpha value is -4.20. The zero-order valence-corrected chi connectivity index (χ0v) is 16.9. The van der Waals surface area contributed by atoms with Crippen molar-refractivity contribution >= 4 is 23.7 Å². The van der Waals surface area contributed by atoms with Crippen LogP contribution in [-0.4, -0.2) is 32.2 Å². The molecule has 7 nitrogen and oxygen atoms in total. The highest BCUT2D eigenvalue weighted by Crippen LogP contribution is 2.23. The van der Waals surface area contributed by atoms with E-state index in [0.717, 1.165) is 0 Å². The van der Waals surface area contributed by atoms with Gasteiger partial charge in [-0.15, -0.1) is 0 Å². The molecule has 158 valence electrons. The molecule has 8 heteroatoms. The lowest BCUT2D eigenvalue weighted by Crippen LogP contribution is -2.21. The van der Waals surface area contributed by atoms with Gasteiger partial charge in [-0.3, -0.25) is 9.59 Å². The van der Waals surface area contributed by atoms with Crippen molar-refractivity contribution < 1.29 is 23.5 Å². The zero-order chi connectivity index (χ0) is 22.2. The van der Waals surface area contributed by atoms with Crippen molar-refractivity contribution in [3.8, 4) is 11.5 Å². The fourth-order valence-corrected chi connectivity index (χ4v) is 2.73. The number of hydrogen-bond donors (Lipinski definition) is 2. The fourth-order valence-electron chi connectivity index (χ4n) is 2.73. The normalized spacial score (nSPS) is 10.5. The molecule has 0 atom stereocenters. The standard InChI is InChI=1S/C23H20FN3O4/c1-30-18-12-9-16(21(13-18)31-2)14-25-27-23(29)19-5-3-4-6-20(19)26-22(28)15-7-10-17(24)11-8-15/h3-14H,1-2H3,(H,26,28)(H,27,29)/b25-14-. The molecule has 0 heterocycles. The van der Waals surface area contributed by atoms with E-state index in [-0.39, 0.29) is 11.1 Å². The molecular weight excluding hydrogens is 401 g/mol. The fraction of sp³-hybridized carbons (Fsp3) is 0.0870. The van der Waals surface area contributed by atoms with Gasteiger partial charge in [-0.2, -0.15) is 5.10 Å². The summed E-state index contributed by atoms with van der Waals surface area (Å²) < 4.78 is 23.5. The van der Waals surface area contributed by atoms with Gasteiger partial charge in [-0.05, 0) is 48.5 Å². The predicted octanol–water partition coefficient (Wildman–Crippen LogP) is 3.86. The summed E-state index contributed by atoms with van der Waals surface area (Å²) in [6.45, 7) is 0. The van der Waals surface area contributed by atoms with Crippen LogP contribution >= 0.6 is 0 Å². The molecule has 0 aromatic heterocycles. The number of hydrogen-bond acceptors (Lipinski definition) is 5. The number of benzene rings is 3. The number of carbonyl (C=O) groups is 2. The maximum Gasteiger partial charge on any atom is 0.273 e. The number of methoxy groups -OCH3 is 2. The van der Waals surface area contributed by atoms with Crippen molar-refractivity contribution in [2.24, 2.45) is 5.10 Å². The highest BCUT2D eigenvalue weighted by Gasteiger charge is 2.14. The molecule has 0 aliphatic heterocycles. The van der Waals surface area contributed by atoms with Crippen LogP contribution in [-0.2, 0) is 0 Å². The van der Waals surface area contributed by atoms with E-state index in [1.54, 1.807) is 49.6 Å². The third-order valence-electron chi connectivity index (χ3n) is 4.34. The third kappa shape index (κ3) is 5.45. The smallest absolute Gasteiger partial charge is 0.273 e. The number of ether oxygens (including phenoxy) is 2. The number of amides is 2. The minimum Gasteiger partial charge on any atom is -0.497 e. The number of para-hydroxylation sites is 1. The lowest BCUT2D eigenvalue weighted by atomic mass is 10.1. The molecule has 0 saturated heterocycles. The van der Waals surface area contributed by atoms with Crippen molar-refractivity contribution in [2.75, 3.05) is 19.5 Å². The van der Waals surface area contributed by atoms with Gasteiger partial charge in [0.15, 0.2) is 0 Å². The van der Waals surface area contributed by atoms with E-state index in [1.165, 1.54) is 37.6 Å². The maximum atomic E-state index is 13.1. The molecule has 2 N–H and O–H groups in total. The van der Waals surface area contributed by atoms with Gasteiger partial charge in [0, 0.05) is 17.2 Å². The topological polar surface area (TPSA) is 89.0 Å². The Morgan fingerprint density at radius 1 is 0.935 bits per heavy atom. The van der Waals surface area contributed by atoms with Crippen molar-refractivity contribution in [3.63, 3.8) is 0 Å². The monoisotopic (exact) mass is 421 g/mol. The van der Waals surface area contributed by atoms with Crippen LogP contribution in [0.1, 0.15) is 26.3 Å². The minimum atomic E-state index is -0.515. The first kappa shape index (κ1) is 21.5. The first-order chi connectivity index (χ1) is 15.0. The summed E-state index contributed by atoms with van der Waals surface area (Å²) in [4.78, 5) is 25.0. The first-order valence-corrected chi connectivity index (χ1v) is 9.23. The van der Waals surface area contributed by atoms with Crippen molar-refractivity contribution in [1.29, 1.82) is 0 Å². The largest absolute Gasteiger partial charge is 0.497 e. The second-order valence-corrected chi connectivity index (χ2v) is 6.31. The summed E-state index contributed by atoms with van der Waals surface area (Å²) in [5.74, 6) is -0.263. The summed E-state index contributed by atoms with van der Waals surface area (Å²) in [5.41, 5.74) is 3.85. The Bertz CT molecular complexity index is 1110. The van der Waals surface area contributed by atoms with Crippen LogP contribution in [0.4, 0.5) is 10.1 Å². The van der Waals surface area contributed by atoms with E-state index < -0.39 is 17.6 Å². The molecule has 3 rings (SSSR count). The Balaban J connectivity index is 1.72. The van der Waals surface area contributed by atoms with Crippen LogP contribution < -0.4 is 20.2 Å². The van der Waals surface area contributed by atoms with E-state index in [0.29, 0.717) is 22.7 Å². The summed E-state index contributed by atoms with van der Waals surface area (Å²) >= 11 is 0. The van der Waals surface area contributed by atoms with E-state index in [1.807, 2.05) is 0 Å². The Kier molecular flexibility index (Phi) is 6.95. The highest BCUT2D eigenvalue weighted by molar-refractivity contribution is 6.09. The van der Waals surface area contributed by atoms with Gasteiger partial charge < -0.3 is 14.8 Å². The second-order valence-electron chi connectivity index (χ2n) is 6.31. The summed E-state index contributed by atoms with van der Waals surface area (Å²) in [6.07, 6.45) is 1.44. The van der Waals surface area contributed by atoms with Crippen LogP contribution in [0.15, 0.2) is 71.8 Å². The molecule has 3 aromatic carbocycles. The van der Waals surface area contributed by atoms with Gasteiger partial charge in [0.1, 0.15) is 17.3 Å². The van der Waals surface area contributed by atoms with Gasteiger partial charge >= 0.3 is 0 Å². The quantitative estimate of drug-likeness (QED) is 0.448. The molecule has 3 aromatic rings. The number of halogens is 1. The van der Waals surface area contributed by atoms with Gasteiger partial charge in [0.05, 0.1) is 31.7 Å². The molecular formula is C23H20FN3O4. The lowest BCUT2D eigenvalue weighted by Gasteiger charge is -2.10. The minimum absolute atomic E-state index is 0.219. The maximum absolute atomic E-state index is 13.1. The number of rotatable bonds is 7. The van der Waals surface area contributed by atoms with Gasteiger partial charge in [0.25, 0.3) is 11.8 Å². The van der Waals surface area contributed by atoms with Crippen LogP contribution in [0.25, 0.3) is 0 Å². The number of hydrazone groups is 1. The molecule has 0 unspecified atom stereocenters. The molecule has 0 bridgehead atoms. The number of nitrogens with zero attached hydrogens (tertiary/aromatic N) is 1. The van der Waals surface area contributed by atoms with Gasteiger partial charge in [-0.1, -0.05) is 12.1 Å². The van der Waals surface area contributed by atoms with Gasteiger partial charge in [-0.25, -0.2) is 9.82 Å². The first-order valence-electron chi connectivity index (χ1n) is 9.23. The summed E-state index contributed by atoms with van der Waals surface area (Å²) in [6, 6.07) is 16.8. The van der Waals surface area contributed by atoms with Gasteiger partial charge in [0.2, 0.25) is 0 Å². The van der Waals surface area contributed by atoms with E-state index in [9.17, 15) is 14.0 Å². The average molecular weight is 421 g/mol. The van der Waals surface area contributed by atoms with Crippen molar-refractivity contribution in [3.05, 3.63) is 89.2 Å². The highest BCUT2D eigenvalue weighted by atomic mass is 19.1. The van der Waals surface area contributed by atoms with Crippen LogP contribution in [0.5, 0.6) is 11.5 Å². The predicted molar refractivity (Wildman–Crippen MR) is 115 cm³/mol. The molecule has 2 amide bonds. The van der Waals surface area contributed by atoms with Crippen LogP contribution in [0.2, 0.25) is 0 Å². The number of anilines is 1. The van der Waals surface area contributed by atoms with Crippen molar-refractivity contribution in [2.45, 2.75) is 0 Å². The van der Waals surface area contributed by atoms with Crippen LogP contribution in [0.3, 0.4) is 0 Å². The SMILES string of the molecule is COc1ccc(/C=N\NC(=O)c2ccccc2NC(=O)c2ccc(F)cc2)c(OC)c1. The molecule has 0 fully saturated rings. The molecule has 0 spiro atoms. The lowest BCUT2D eigenvalue weighted by molar-refractivity contribution is 0.0956. The summed E-state index contributed by atoms with van der Waals surface area (Å²) in [5, 5.41) is 6.63. The summed E-state index contributed by atoms with van der Waals surface area (Å²) in [7, 11) is 3.07. The zero-order valence-electron chi connectivity index (χ0n) is 16.9. The molecule has 0 radical (unpaired) electrons. The molecule has 0 aliphatic rings. The third-order valence-corrected chi connectivity index (χ3v) is 4.34. The second kappa shape index (κ2) is 10.0.